The predicted octanol–water partition coefficient (Wildman–Crippen LogP) is 2.64. The number of aliphatic imine (C=N–C) groups is 1. The summed E-state index contributed by atoms with van der Waals surface area (Å²) in [5.74, 6) is 2.11. The van der Waals surface area contributed by atoms with Crippen molar-refractivity contribution in [3.05, 3.63) is 30.3 Å². The van der Waals surface area contributed by atoms with Crippen molar-refractivity contribution in [2.45, 2.75) is 36.8 Å². The lowest BCUT2D eigenvalue weighted by Crippen LogP contribution is -2.51. The molecule has 0 unspecified atom stereocenters. The molecule has 0 atom stereocenters. The summed E-state index contributed by atoms with van der Waals surface area (Å²) in [7, 11) is -3.22. The van der Waals surface area contributed by atoms with E-state index in [2.05, 4.69) is 36.0 Å². The Balaban J connectivity index is 1.93. The largest absolute Gasteiger partial charge is 0.357 e. The molecular weight excluding hydrogens is 354 g/mol. The highest BCUT2D eigenvalue weighted by Gasteiger charge is 2.28. The lowest BCUT2D eigenvalue weighted by molar-refractivity contribution is 0.376. The van der Waals surface area contributed by atoms with Crippen LogP contribution < -0.4 is 5.32 Å². The maximum Gasteiger partial charge on any atom is 0.193 e. The van der Waals surface area contributed by atoms with Gasteiger partial charge in [0.05, 0.1) is 10.6 Å². The minimum atomic E-state index is -3.22. The third-order valence-electron chi connectivity index (χ3n) is 4.00. The second kappa shape index (κ2) is 8.94. The second-order valence-electron chi connectivity index (χ2n) is 6.75. The molecule has 0 aromatic heterocycles. The molecule has 5 nitrogen and oxygen atoms in total. The van der Waals surface area contributed by atoms with E-state index in [-0.39, 0.29) is 10.5 Å². The maximum atomic E-state index is 12.3. The van der Waals surface area contributed by atoms with Gasteiger partial charge in [-0.05, 0) is 39.3 Å². The fourth-order valence-electron chi connectivity index (χ4n) is 2.81. The highest BCUT2D eigenvalue weighted by atomic mass is 32.2. The third kappa shape index (κ3) is 6.22. The SMILES string of the molecule is CCNC(=NCCCS(=O)(=O)c1ccccc1)N1CCSC(C)(C)C1. The molecule has 1 aliphatic rings. The molecule has 0 saturated carbocycles. The molecule has 1 fully saturated rings. The van der Waals surface area contributed by atoms with Gasteiger partial charge >= 0.3 is 0 Å². The first kappa shape index (κ1) is 20.1. The van der Waals surface area contributed by atoms with Gasteiger partial charge in [0.25, 0.3) is 0 Å². The van der Waals surface area contributed by atoms with Crippen molar-refractivity contribution in [2.24, 2.45) is 4.99 Å². The lowest BCUT2D eigenvalue weighted by Gasteiger charge is -2.39. The third-order valence-corrected chi connectivity index (χ3v) is 7.11. The first-order valence-corrected chi connectivity index (χ1v) is 11.4. The Hall–Kier alpha value is -1.21. The van der Waals surface area contributed by atoms with Crippen LogP contribution in [0, 0.1) is 0 Å². The number of hydrogen-bond acceptors (Lipinski definition) is 4. The van der Waals surface area contributed by atoms with Crippen molar-refractivity contribution in [3.8, 4) is 0 Å². The molecule has 2 rings (SSSR count). The first-order chi connectivity index (χ1) is 11.8. The Kier molecular flexibility index (Phi) is 7.19. The van der Waals surface area contributed by atoms with Crippen molar-refractivity contribution in [3.63, 3.8) is 0 Å². The lowest BCUT2D eigenvalue weighted by atomic mass is 10.2. The normalized spacial score (nSPS) is 18.2. The Morgan fingerprint density at radius 1 is 1.32 bits per heavy atom. The van der Waals surface area contributed by atoms with Crippen LogP contribution in [0.3, 0.4) is 0 Å². The van der Waals surface area contributed by atoms with Crippen LogP contribution in [0.2, 0.25) is 0 Å². The van der Waals surface area contributed by atoms with E-state index in [1.54, 1.807) is 24.3 Å². The quantitative estimate of drug-likeness (QED) is 0.465. The zero-order valence-corrected chi connectivity index (χ0v) is 17.0. The monoisotopic (exact) mass is 383 g/mol. The molecule has 0 radical (unpaired) electrons. The van der Waals surface area contributed by atoms with E-state index in [9.17, 15) is 8.42 Å². The fraction of sp³-hybridized carbons (Fsp3) is 0.611. The number of rotatable bonds is 6. The molecule has 0 bridgehead atoms. The van der Waals surface area contributed by atoms with Crippen LogP contribution in [0.4, 0.5) is 0 Å². The molecule has 1 aromatic carbocycles. The van der Waals surface area contributed by atoms with Crippen molar-refractivity contribution >= 4 is 27.6 Å². The van der Waals surface area contributed by atoms with Gasteiger partial charge in [-0.3, -0.25) is 4.99 Å². The topological polar surface area (TPSA) is 61.8 Å². The van der Waals surface area contributed by atoms with Gasteiger partial charge in [0.2, 0.25) is 0 Å². The number of sulfone groups is 1. The Bertz CT molecular complexity index is 673. The Morgan fingerprint density at radius 3 is 2.68 bits per heavy atom. The van der Waals surface area contributed by atoms with Crippen LogP contribution in [0.25, 0.3) is 0 Å². The molecule has 0 aliphatic carbocycles. The molecule has 1 saturated heterocycles. The van der Waals surface area contributed by atoms with Gasteiger partial charge in [0, 0.05) is 36.7 Å². The van der Waals surface area contributed by atoms with Gasteiger partial charge in [0.15, 0.2) is 15.8 Å². The molecule has 0 spiro atoms. The van der Waals surface area contributed by atoms with E-state index in [0.717, 1.165) is 31.3 Å². The molecule has 7 heteroatoms. The molecule has 140 valence electrons. The summed E-state index contributed by atoms with van der Waals surface area (Å²) < 4.78 is 24.8. The van der Waals surface area contributed by atoms with Crippen LogP contribution >= 0.6 is 11.8 Å². The molecule has 1 aliphatic heterocycles. The van der Waals surface area contributed by atoms with E-state index < -0.39 is 9.84 Å². The van der Waals surface area contributed by atoms with Crippen molar-refractivity contribution in [1.82, 2.24) is 10.2 Å². The number of nitrogens with one attached hydrogen (secondary N) is 1. The molecule has 1 heterocycles. The van der Waals surface area contributed by atoms with Gasteiger partial charge in [-0.1, -0.05) is 18.2 Å². The Labute approximate surface area is 156 Å². The van der Waals surface area contributed by atoms with E-state index in [4.69, 9.17) is 0 Å². The van der Waals surface area contributed by atoms with Gasteiger partial charge in [0.1, 0.15) is 0 Å². The fourth-order valence-corrected chi connectivity index (χ4v) is 5.24. The molecule has 1 N–H and O–H groups in total. The average Bonchev–Trinajstić information content (AvgIpc) is 2.57. The number of hydrogen-bond donors (Lipinski definition) is 1. The summed E-state index contributed by atoms with van der Waals surface area (Å²) in [5.41, 5.74) is 0. The highest BCUT2D eigenvalue weighted by molar-refractivity contribution is 8.00. The van der Waals surface area contributed by atoms with Crippen molar-refractivity contribution < 1.29 is 8.42 Å². The van der Waals surface area contributed by atoms with Crippen molar-refractivity contribution in [1.29, 1.82) is 0 Å². The zero-order valence-electron chi connectivity index (χ0n) is 15.4. The summed E-state index contributed by atoms with van der Waals surface area (Å²) >= 11 is 1.99. The summed E-state index contributed by atoms with van der Waals surface area (Å²) in [6, 6.07) is 8.63. The van der Waals surface area contributed by atoms with Gasteiger partial charge in [-0.25, -0.2) is 8.42 Å². The van der Waals surface area contributed by atoms with Crippen LogP contribution in [-0.2, 0) is 9.84 Å². The predicted molar refractivity (Wildman–Crippen MR) is 107 cm³/mol. The molecule has 1 aromatic rings. The standard InChI is InChI=1S/C18H29N3O2S2/c1-4-19-17(21-12-13-24-18(2,3)15-21)20-11-8-14-25(22,23)16-9-6-5-7-10-16/h5-7,9-10H,4,8,11-15H2,1-3H3,(H,19,20). The van der Waals surface area contributed by atoms with Crippen LogP contribution in [0.1, 0.15) is 27.2 Å². The number of guanidine groups is 1. The number of nitrogens with zero attached hydrogens (tertiary/aromatic N) is 2. The Morgan fingerprint density at radius 2 is 2.04 bits per heavy atom. The summed E-state index contributed by atoms with van der Waals surface area (Å²) in [4.78, 5) is 7.33. The first-order valence-electron chi connectivity index (χ1n) is 8.79. The molecule has 25 heavy (non-hydrogen) atoms. The van der Waals surface area contributed by atoms with Crippen LogP contribution in [0.15, 0.2) is 40.2 Å². The van der Waals surface area contributed by atoms with Gasteiger partial charge < -0.3 is 10.2 Å². The maximum absolute atomic E-state index is 12.3. The molecular formula is C18H29N3O2S2. The number of benzene rings is 1. The van der Waals surface area contributed by atoms with E-state index in [0.29, 0.717) is 17.9 Å². The average molecular weight is 384 g/mol. The second-order valence-corrected chi connectivity index (χ2v) is 10.7. The number of thioether (sulfide) groups is 1. The zero-order chi connectivity index (χ0) is 18.3. The van der Waals surface area contributed by atoms with Gasteiger partial charge in [-0.15, -0.1) is 0 Å². The van der Waals surface area contributed by atoms with E-state index >= 15 is 0 Å². The minimum Gasteiger partial charge on any atom is -0.357 e. The smallest absolute Gasteiger partial charge is 0.193 e. The molecule has 0 amide bonds. The summed E-state index contributed by atoms with van der Waals surface area (Å²) in [6.45, 7) is 9.80. The summed E-state index contributed by atoms with van der Waals surface area (Å²) in [6.07, 6.45) is 0.526. The van der Waals surface area contributed by atoms with Crippen LogP contribution in [-0.4, -0.2) is 61.7 Å². The minimum absolute atomic E-state index is 0.126. The van der Waals surface area contributed by atoms with Crippen molar-refractivity contribution in [2.75, 3.05) is 37.7 Å². The highest BCUT2D eigenvalue weighted by Crippen LogP contribution is 2.29. The van der Waals surface area contributed by atoms with E-state index in [1.165, 1.54) is 0 Å². The van der Waals surface area contributed by atoms with Crippen LogP contribution in [0.5, 0.6) is 0 Å². The van der Waals surface area contributed by atoms with Gasteiger partial charge in [-0.2, -0.15) is 11.8 Å². The summed E-state index contributed by atoms with van der Waals surface area (Å²) in [5, 5.41) is 3.34. The van der Waals surface area contributed by atoms with E-state index in [1.807, 2.05) is 17.8 Å².